The van der Waals surface area contributed by atoms with Crippen molar-refractivity contribution in [1.29, 1.82) is 0 Å². The minimum Gasteiger partial charge on any atom is -0.349 e. The van der Waals surface area contributed by atoms with Crippen molar-refractivity contribution < 1.29 is 8.42 Å². The molecule has 2 aromatic heterocycles. The van der Waals surface area contributed by atoms with Crippen LogP contribution < -0.4 is 5.32 Å². The molecule has 0 amide bonds. The van der Waals surface area contributed by atoms with E-state index in [4.69, 9.17) is 0 Å². The topological polar surface area (TPSA) is 88.1 Å². The second kappa shape index (κ2) is 5.81. The highest BCUT2D eigenvalue weighted by Gasteiger charge is 2.38. The van der Waals surface area contributed by atoms with Crippen LogP contribution in [0.25, 0.3) is 10.9 Å². The number of rotatable bonds is 4. The fraction of sp³-hybridized carbons (Fsp3) is 0.188. The number of aromatic nitrogens is 3. The molecule has 7 nitrogen and oxygen atoms in total. The number of anilines is 1. The van der Waals surface area contributed by atoms with Crippen molar-refractivity contribution in [1.82, 2.24) is 19.3 Å². The molecular formula is C16H15N5O2S. The molecule has 0 spiro atoms. The Morgan fingerprint density at radius 2 is 1.67 bits per heavy atom. The fourth-order valence-corrected chi connectivity index (χ4v) is 4.40. The predicted octanol–water partition coefficient (Wildman–Crippen LogP) is 1.51. The standard InChI is InChI=1S/C16H15N5O2S/c22-24(23,14-6-1-4-12-5-2-7-17-15(12)14)21-10-13(11-21)20-16-18-8-3-9-19-16/h1-9,13H,10-11H2,(H,18,19,20). The van der Waals surface area contributed by atoms with Gasteiger partial charge in [0.25, 0.3) is 0 Å². The second-order valence-electron chi connectivity index (χ2n) is 5.57. The lowest BCUT2D eigenvalue weighted by Crippen LogP contribution is -2.57. The van der Waals surface area contributed by atoms with Gasteiger partial charge in [0.15, 0.2) is 0 Å². The summed E-state index contributed by atoms with van der Waals surface area (Å²) in [6.45, 7) is 0.758. The van der Waals surface area contributed by atoms with Gasteiger partial charge in [0.05, 0.1) is 11.6 Å². The third kappa shape index (κ3) is 2.59. The Kier molecular flexibility index (Phi) is 3.62. The number of hydrogen-bond acceptors (Lipinski definition) is 6. The van der Waals surface area contributed by atoms with Crippen LogP contribution in [-0.2, 0) is 10.0 Å². The number of pyridine rings is 1. The summed E-state index contributed by atoms with van der Waals surface area (Å²) in [5.74, 6) is 0.506. The molecule has 1 N–H and O–H groups in total. The van der Waals surface area contributed by atoms with Crippen molar-refractivity contribution in [2.24, 2.45) is 0 Å². The van der Waals surface area contributed by atoms with E-state index in [1.54, 1.807) is 42.9 Å². The van der Waals surface area contributed by atoms with Gasteiger partial charge in [0.2, 0.25) is 16.0 Å². The van der Waals surface area contributed by atoms with Crippen molar-refractivity contribution in [3.8, 4) is 0 Å². The van der Waals surface area contributed by atoms with Gasteiger partial charge in [-0.15, -0.1) is 0 Å². The summed E-state index contributed by atoms with van der Waals surface area (Å²) in [7, 11) is -3.56. The molecule has 3 aromatic rings. The first-order valence-electron chi connectivity index (χ1n) is 7.52. The first kappa shape index (κ1) is 15.0. The first-order valence-corrected chi connectivity index (χ1v) is 8.96. The lowest BCUT2D eigenvalue weighted by Gasteiger charge is -2.38. The van der Waals surface area contributed by atoms with E-state index in [-0.39, 0.29) is 10.9 Å². The molecule has 1 saturated heterocycles. The summed E-state index contributed by atoms with van der Waals surface area (Å²) in [6.07, 6.45) is 4.89. The Hall–Kier alpha value is -2.58. The van der Waals surface area contributed by atoms with E-state index >= 15 is 0 Å². The molecule has 1 aliphatic heterocycles. The molecule has 3 heterocycles. The third-order valence-electron chi connectivity index (χ3n) is 3.96. The molecule has 0 bridgehead atoms. The van der Waals surface area contributed by atoms with Crippen LogP contribution in [0.1, 0.15) is 0 Å². The Morgan fingerprint density at radius 1 is 0.958 bits per heavy atom. The zero-order valence-electron chi connectivity index (χ0n) is 12.7. The van der Waals surface area contributed by atoms with Gasteiger partial charge in [0, 0.05) is 37.1 Å². The smallest absolute Gasteiger partial charge is 0.245 e. The van der Waals surface area contributed by atoms with Gasteiger partial charge in [-0.25, -0.2) is 18.4 Å². The van der Waals surface area contributed by atoms with Crippen LogP contribution >= 0.6 is 0 Å². The molecule has 1 fully saturated rings. The lowest BCUT2D eigenvalue weighted by atomic mass is 10.2. The van der Waals surface area contributed by atoms with Crippen molar-refractivity contribution >= 4 is 26.9 Å². The van der Waals surface area contributed by atoms with Crippen LogP contribution in [0.2, 0.25) is 0 Å². The van der Waals surface area contributed by atoms with Crippen LogP contribution in [0.5, 0.6) is 0 Å². The van der Waals surface area contributed by atoms with E-state index in [1.165, 1.54) is 4.31 Å². The molecule has 0 saturated carbocycles. The second-order valence-corrected chi connectivity index (χ2v) is 7.47. The molecule has 1 aliphatic rings. The summed E-state index contributed by atoms with van der Waals surface area (Å²) >= 11 is 0. The number of nitrogens with zero attached hydrogens (tertiary/aromatic N) is 4. The maximum absolute atomic E-state index is 12.9. The van der Waals surface area contributed by atoms with Crippen LogP contribution in [0, 0.1) is 0 Å². The summed E-state index contributed by atoms with van der Waals surface area (Å²) in [5, 5.41) is 3.94. The van der Waals surface area contributed by atoms with Gasteiger partial charge in [-0.1, -0.05) is 18.2 Å². The number of para-hydroxylation sites is 1. The number of nitrogens with one attached hydrogen (secondary N) is 1. The van der Waals surface area contributed by atoms with Gasteiger partial charge in [-0.2, -0.15) is 4.31 Å². The SMILES string of the molecule is O=S(=O)(c1cccc2cccnc12)N1CC(Nc2ncccn2)C1. The predicted molar refractivity (Wildman–Crippen MR) is 89.9 cm³/mol. The number of fused-ring (bicyclic) bond motifs is 1. The highest BCUT2D eigenvalue weighted by molar-refractivity contribution is 7.89. The van der Waals surface area contributed by atoms with E-state index in [2.05, 4.69) is 20.3 Å². The Morgan fingerprint density at radius 3 is 2.46 bits per heavy atom. The summed E-state index contributed by atoms with van der Waals surface area (Å²) in [5.41, 5.74) is 0.503. The van der Waals surface area contributed by atoms with Gasteiger partial charge in [-0.3, -0.25) is 4.98 Å². The molecule has 0 unspecified atom stereocenters. The normalized spacial score (nSPS) is 16.0. The minimum absolute atomic E-state index is 0.00473. The van der Waals surface area contributed by atoms with Crippen molar-refractivity contribution in [3.05, 3.63) is 55.0 Å². The Labute approximate surface area is 139 Å². The molecular weight excluding hydrogens is 326 g/mol. The van der Waals surface area contributed by atoms with E-state index < -0.39 is 10.0 Å². The molecule has 24 heavy (non-hydrogen) atoms. The molecule has 0 radical (unpaired) electrons. The quantitative estimate of drug-likeness (QED) is 0.774. The molecule has 1 aromatic carbocycles. The minimum atomic E-state index is -3.56. The maximum Gasteiger partial charge on any atom is 0.245 e. The Balaban J connectivity index is 1.54. The maximum atomic E-state index is 12.9. The summed E-state index contributed by atoms with van der Waals surface area (Å²) in [4.78, 5) is 12.7. The molecule has 8 heteroatoms. The van der Waals surface area contributed by atoms with Crippen LogP contribution in [0.15, 0.2) is 59.9 Å². The average molecular weight is 341 g/mol. The first-order chi connectivity index (χ1) is 11.6. The summed E-state index contributed by atoms with van der Waals surface area (Å²) in [6, 6.07) is 10.6. The highest BCUT2D eigenvalue weighted by Crippen LogP contribution is 2.27. The molecule has 4 rings (SSSR count). The van der Waals surface area contributed by atoms with E-state index in [0.29, 0.717) is 24.6 Å². The van der Waals surface area contributed by atoms with Gasteiger partial charge in [0.1, 0.15) is 4.90 Å². The van der Waals surface area contributed by atoms with Crippen molar-refractivity contribution in [2.45, 2.75) is 10.9 Å². The highest BCUT2D eigenvalue weighted by atomic mass is 32.2. The lowest BCUT2D eigenvalue weighted by molar-refractivity contribution is 0.280. The van der Waals surface area contributed by atoms with E-state index in [0.717, 1.165) is 5.39 Å². The Bertz CT molecular complexity index is 967. The third-order valence-corrected chi connectivity index (χ3v) is 5.82. The van der Waals surface area contributed by atoms with Crippen LogP contribution in [0.3, 0.4) is 0 Å². The van der Waals surface area contributed by atoms with Crippen molar-refractivity contribution in [3.63, 3.8) is 0 Å². The molecule has 0 aliphatic carbocycles. The van der Waals surface area contributed by atoms with Crippen molar-refractivity contribution in [2.75, 3.05) is 18.4 Å². The molecule has 122 valence electrons. The largest absolute Gasteiger partial charge is 0.349 e. The fourth-order valence-electron chi connectivity index (χ4n) is 2.71. The van der Waals surface area contributed by atoms with E-state index in [1.807, 2.05) is 12.1 Å². The number of hydrogen-bond donors (Lipinski definition) is 1. The van der Waals surface area contributed by atoms with Crippen LogP contribution in [-0.4, -0.2) is 46.8 Å². The summed E-state index contributed by atoms with van der Waals surface area (Å²) < 4.78 is 27.1. The number of benzene rings is 1. The van der Waals surface area contributed by atoms with E-state index in [9.17, 15) is 8.42 Å². The molecule has 0 atom stereocenters. The van der Waals surface area contributed by atoms with Gasteiger partial charge in [-0.05, 0) is 18.2 Å². The zero-order valence-corrected chi connectivity index (χ0v) is 13.5. The number of sulfonamides is 1. The van der Waals surface area contributed by atoms with Crippen LogP contribution in [0.4, 0.5) is 5.95 Å². The zero-order chi connectivity index (χ0) is 16.6. The monoisotopic (exact) mass is 341 g/mol. The average Bonchev–Trinajstić information content (AvgIpc) is 2.58. The van der Waals surface area contributed by atoms with Gasteiger partial charge < -0.3 is 5.32 Å². The van der Waals surface area contributed by atoms with Gasteiger partial charge >= 0.3 is 0 Å².